The van der Waals surface area contributed by atoms with E-state index in [1.54, 1.807) is 36.4 Å². The Balaban J connectivity index is 1.74. The van der Waals surface area contributed by atoms with E-state index in [0.29, 0.717) is 5.52 Å². The van der Waals surface area contributed by atoms with Crippen molar-refractivity contribution in [2.75, 3.05) is 12.9 Å². The first-order valence-corrected chi connectivity index (χ1v) is 10.6. The van der Waals surface area contributed by atoms with Crippen LogP contribution in [-0.2, 0) is 19.4 Å². The Labute approximate surface area is 168 Å². The van der Waals surface area contributed by atoms with Gasteiger partial charge in [0, 0.05) is 5.39 Å². The summed E-state index contributed by atoms with van der Waals surface area (Å²) in [6.07, 6.45) is -0.122. The summed E-state index contributed by atoms with van der Waals surface area (Å²) in [6.45, 7) is 0. The Kier molecular flexibility index (Phi) is 6.23. The van der Waals surface area contributed by atoms with Gasteiger partial charge in [-0.3, -0.25) is 4.79 Å². The maximum absolute atomic E-state index is 12.6. The molecule has 8 heteroatoms. The molecule has 1 aromatic heterocycles. The summed E-state index contributed by atoms with van der Waals surface area (Å²) in [5, 5.41) is 3.41. The summed E-state index contributed by atoms with van der Waals surface area (Å²) >= 11 is 0. The number of ether oxygens (including phenoxy) is 1. The molecule has 1 amide bonds. The van der Waals surface area contributed by atoms with Crippen LogP contribution in [0.5, 0.6) is 0 Å². The summed E-state index contributed by atoms with van der Waals surface area (Å²) < 4.78 is 29.7. The summed E-state index contributed by atoms with van der Waals surface area (Å²) in [5.74, 6) is -1.62. The van der Waals surface area contributed by atoms with Crippen LogP contribution in [0, 0.1) is 0 Å². The molecule has 29 heavy (non-hydrogen) atoms. The van der Waals surface area contributed by atoms with E-state index in [-0.39, 0.29) is 22.8 Å². The zero-order valence-corrected chi connectivity index (χ0v) is 16.6. The number of nitrogens with zero attached hydrogens (tertiary/aromatic N) is 1. The topological polar surface area (TPSA) is 102 Å². The van der Waals surface area contributed by atoms with Crippen LogP contribution in [0.15, 0.2) is 71.6 Å². The average Bonchev–Trinajstić information content (AvgIpc) is 2.76. The van der Waals surface area contributed by atoms with Crippen molar-refractivity contribution in [3.05, 3.63) is 72.4 Å². The molecule has 0 fully saturated rings. The lowest BCUT2D eigenvalue weighted by Crippen LogP contribution is -2.42. The molecule has 1 heterocycles. The van der Waals surface area contributed by atoms with Gasteiger partial charge < -0.3 is 10.1 Å². The van der Waals surface area contributed by atoms with Crippen molar-refractivity contribution in [2.24, 2.45) is 0 Å². The van der Waals surface area contributed by atoms with Gasteiger partial charge in [-0.2, -0.15) is 0 Å². The third-order valence-electron chi connectivity index (χ3n) is 4.40. The lowest BCUT2D eigenvalue weighted by Gasteiger charge is -2.16. The molecule has 150 valence electrons. The summed E-state index contributed by atoms with van der Waals surface area (Å²) in [6, 6.07) is 17.4. The number of carbonyl (C=O) groups excluding carboxylic acids is 2. The highest BCUT2D eigenvalue weighted by Crippen LogP contribution is 2.14. The number of hydrogen-bond donors (Lipinski definition) is 1. The van der Waals surface area contributed by atoms with Crippen molar-refractivity contribution in [1.82, 2.24) is 10.3 Å². The van der Waals surface area contributed by atoms with Gasteiger partial charge in [0.05, 0.1) is 23.3 Å². The number of nitrogens with one attached hydrogen (secondary N) is 1. The zero-order chi connectivity index (χ0) is 20.9. The normalized spacial score (nSPS) is 12.3. The number of sulfone groups is 1. The van der Waals surface area contributed by atoms with Gasteiger partial charge in [0.15, 0.2) is 9.84 Å². The van der Waals surface area contributed by atoms with Crippen LogP contribution in [0.4, 0.5) is 0 Å². The average molecular weight is 412 g/mol. The molecule has 1 atom stereocenters. The second kappa shape index (κ2) is 8.83. The van der Waals surface area contributed by atoms with Crippen LogP contribution in [0.2, 0.25) is 0 Å². The Morgan fingerprint density at radius 2 is 1.69 bits per heavy atom. The van der Waals surface area contributed by atoms with Crippen molar-refractivity contribution >= 4 is 32.6 Å². The van der Waals surface area contributed by atoms with E-state index >= 15 is 0 Å². The minimum Gasteiger partial charge on any atom is -0.467 e. The standard InChI is InChI=1S/C21H20N2O5S/c1-28-21(25)19(13-14-29(26,27)16-8-3-2-4-9-16)23-20(24)18-12-11-15-7-5-6-10-17(15)22-18/h2-12,19H,13-14H2,1H3,(H,23,24)/t19-/m1/s1. The van der Waals surface area contributed by atoms with Gasteiger partial charge in [-0.25, -0.2) is 18.2 Å². The highest BCUT2D eigenvalue weighted by Gasteiger charge is 2.26. The van der Waals surface area contributed by atoms with E-state index in [9.17, 15) is 18.0 Å². The van der Waals surface area contributed by atoms with Crippen LogP contribution in [0.1, 0.15) is 16.9 Å². The summed E-state index contributed by atoms with van der Waals surface area (Å²) in [4.78, 5) is 29.1. The van der Waals surface area contributed by atoms with Crippen LogP contribution < -0.4 is 5.32 Å². The van der Waals surface area contributed by atoms with Gasteiger partial charge in [-0.05, 0) is 30.7 Å². The summed E-state index contributed by atoms with van der Waals surface area (Å²) in [5.41, 5.74) is 0.768. The van der Waals surface area contributed by atoms with Crippen molar-refractivity contribution in [1.29, 1.82) is 0 Å². The molecule has 0 unspecified atom stereocenters. The van der Waals surface area contributed by atoms with Gasteiger partial charge >= 0.3 is 5.97 Å². The van der Waals surface area contributed by atoms with E-state index in [2.05, 4.69) is 10.3 Å². The van der Waals surface area contributed by atoms with Gasteiger partial charge in [-0.1, -0.05) is 42.5 Å². The van der Waals surface area contributed by atoms with Gasteiger partial charge in [0.1, 0.15) is 11.7 Å². The summed E-state index contributed by atoms with van der Waals surface area (Å²) in [7, 11) is -2.42. The number of para-hydroxylation sites is 1. The third kappa shape index (κ3) is 4.97. The number of amides is 1. The van der Waals surface area contributed by atoms with Crippen molar-refractivity contribution in [3.8, 4) is 0 Å². The number of aromatic nitrogens is 1. The van der Waals surface area contributed by atoms with Gasteiger partial charge in [0.2, 0.25) is 0 Å². The molecule has 1 N–H and O–H groups in total. The lowest BCUT2D eigenvalue weighted by atomic mass is 10.2. The lowest BCUT2D eigenvalue weighted by molar-refractivity contribution is -0.142. The van der Waals surface area contributed by atoms with Crippen LogP contribution in [-0.4, -0.2) is 44.2 Å². The highest BCUT2D eigenvalue weighted by atomic mass is 32.2. The number of pyridine rings is 1. The molecule has 7 nitrogen and oxygen atoms in total. The maximum Gasteiger partial charge on any atom is 0.328 e. The van der Waals surface area contributed by atoms with Crippen molar-refractivity contribution in [3.63, 3.8) is 0 Å². The SMILES string of the molecule is COC(=O)[C@@H](CCS(=O)(=O)c1ccccc1)NC(=O)c1ccc2ccccc2n1. The van der Waals surface area contributed by atoms with E-state index in [4.69, 9.17) is 4.74 Å². The maximum atomic E-state index is 12.6. The van der Waals surface area contributed by atoms with E-state index < -0.39 is 27.8 Å². The highest BCUT2D eigenvalue weighted by molar-refractivity contribution is 7.91. The van der Waals surface area contributed by atoms with E-state index in [1.807, 2.05) is 18.2 Å². The minimum atomic E-state index is -3.60. The number of methoxy groups -OCH3 is 1. The molecular weight excluding hydrogens is 392 g/mol. The predicted molar refractivity (Wildman–Crippen MR) is 108 cm³/mol. The predicted octanol–water partition coefficient (Wildman–Crippen LogP) is 2.37. The molecule has 0 aliphatic heterocycles. The fourth-order valence-electron chi connectivity index (χ4n) is 2.83. The molecule has 0 aliphatic rings. The fourth-order valence-corrected chi connectivity index (χ4v) is 4.19. The van der Waals surface area contributed by atoms with Crippen LogP contribution in [0.3, 0.4) is 0 Å². The minimum absolute atomic E-state index is 0.122. The zero-order valence-electron chi connectivity index (χ0n) is 15.7. The molecular formula is C21H20N2O5S. The molecule has 3 rings (SSSR count). The quantitative estimate of drug-likeness (QED) is 0.598. The molecule has 2 aromatic carbocycles. The Hall–Kier alpha value is -3.26. The van der Waals surface area contributed by atoms with Gasteiger partial charge in [-0.15, -0.1) is 0 Å². The molecule has 0 bridgehead atoms. The van der Waals surface area contributed by atoms with Crippen molar-refractivity contribution in [2.45, 2.75) is 17.4 Å². The van der Waals surface area contributed by atoms with Gasteiger partial charge in [0.25, 0.3) is 5.91 Å². The first-order chi connectivity index (χ1) is 13.9. The fraction of sp³-hybridized carbons (Fsp3) is 0.190. The number of carbonyl (C=O) groups is 2. The van der Waals surface area contributed by atoms with E-state index in [0.717, 1.165) is 5.39 Å². The molecule has 0 saturated carbocycles. The largest absolute Gasteiger partial charge is 0.467 e. The van der Waals surface area contributed by atoms with Crippen molar-refractivity contribution < 1.29 is 22.7 Å². The van der Waals surface area contributed by atoms with E-state index in [1.165, 1.54) is 19.2 Å². The Morgan fingerprint density at radius 3 is 2.41 bits per heavy atom. The first kappa shape index (κ1) is 20.5. The number of rotatable bonds is 7. The molecule has 0 aliphatic carbocycles. The second-order valence-corrected chi connectivity index (χ2v) is 8.47. The monoisotopic (exact) mass is 412 g/mol. The Bertz CT molecular complexity index is 1130. The molecule has 0 radical (unpaired) electrons. The van der Waals surface area contributed by atoms with Crippen LogP contribution in [0.25, 0.3) is 10.9 Å². The molecule has 3 aromatic rings. The number of esters is 1. The second-order valence-electron chi connectivity index (χ2n) is 6.36. The third-order valence-corrected chi connectivity index (χ3v) is 6.16. The smallest absolute Gasteiger partial charge is 0.328 e. The Morgan fingerprint density at radius 1 is 1.00 bits per heavy atom. The van der Waals surface area contributed by atoms with Crippen LogP contribution >= 0.6 is 0 Å². The number of benzene rings is 2. The first-order valence-electron chi connectivity index (χ1n) is 8.93. The molecule has 0 saturated heterocycles. The number of hydrogen-bond acceptors (Lipinski definition) is 6. The number of fused-ring (bicyclic) bond motifs is 1. The molecule has 0 spiro atoms.